The minimum Gasteiger partial charge on any atom is -0.367 e. The maximum Gasteiger partial charge on any atom is 0.252 e. The van der Waals surface area contributed by atoms with Crippen LogP contribution in [0.1, 0.15) is 41.6 Å². The predicted molar refractivity (Wildman–Crippen MR) is 112 cm³/mol. The van der Waals surface area contributed by atoms with Crippen LogP contribution in [0.2, 0.25) is 0 Å². The zero-order valence-electron chi connectivity index (χ0n) is 16.7. The van der Waals surface area contributed by atoms with Crippen molar-refractivity contribution in [3.8, 4) is 0 Å². The largest absolute Gasteiger partial charge is 0.367 e. The molecule has 0 bridgehead atoms. The van der Waals surface area contributed by atoms with Crippen molar-refractivity contribution < 1.29 is 17.7 Å². The molecule has 1 aromatic heterocycles. The normalized spacial score (nSPS) is 16.0. The van der Waals surface area contributed by atoms with E-state index in [9.17, 15) is 8.42 Å². The van der Waals surface area contributed by atoms with E-state index in [2.05, 4.69) is 10.1 Å². The lowest BCUT2D eigenvalue weighted by molar-refractivity contribution is 0.0850. The van der Waals surface area contributed by atoms with Gasteiger partial charge in [-0.2, -0.15) is 4.98 Å². The molecular formula is C22H25N3O4S. The molecule has 30 heavy (non-hydrogen) atoms. The van der Waals surface area contributed by atoms with E-state index < -0.39 is 10.0 Å². The van der Waals surface area contributed by atoms with Gasteiger partial charge in [0.1, 0.15) is 6.61 Å². The maximum absolute atomic E-state index is 12.7. The topological polar surface area (TPSA) is 85.5 Å². The number of benzene rings is 2. The van der Waals surface area contributed by atoms with Crippen LogP contribution in [0.3, 0.4) is 0 Å². The molecular weight excluding hydrogens is 402 g/mol. The minimum atomic E-state index is -3.33. The lowest BCUT2D eigenvalue weighted by Gasteiger charge is -2.29. The zero-order chi connectivity index (χ0) is 20.8. The number of rotatable bonds is 8. The van der Waals surface area contributed by atoms with E-state index in [0.29, 0.717) is 44.3 Å². The standard InChI is InChI=1S/C22H25N3O4S/c26-30(27,17-19-9-5-2-6-10-19)25-13-11-20(12-14-25)22-23-21(29-24-22)16-28-15-18-7-3-1-4-8-18/h1-10,20H,11-17H2. The molecule has 0 aliphatic carbocycles. The molecule has 0 spiro atoms. The highest BCUT2D eigenvalue weighted by Gasteiger charge is 2.30. The first kappa shape index (κ1) is 20.7. The summed E-state index contributed by atoms with van der Waals surface area (Å²) in [5, 5.41) is 4.09. The first-order valence-electron chi connectivity index (χ1n) is 10.1. The summed E-state index contributed by atoms with van der Waals surface area (Å²) in [5.74, 6) is 1.21. The third kappa shape index (κ3) is 5.33. The molecule has 2 aromatic carbocycles. The van der Waals surface area contributed by atoms with Crippen LogP contribution < -0.4 is 0 Å². The summed E-state index contributed by atoms with van der Waals surface area (Å²) in [6.45, 7) is 1.67. The molecule has 1 saturated heterocycles. The molecule has 2 heterocycles. The molecule has 1 fully saturated rings. The molecule has 0 amide bonds. The van der Waals surface area contributed by atoms with Gasteiger partial charge in [0.25, 0.3) is 5.89 Å². The quantitative estimate of drug-likeness (QED) is 0.547. The van der Waals surface area contributed by atoms with E-state index in [-0.39, 0.29) is 18.3 Å². The Kier molecular flexibility index (Phi) is 6.56. The van der Waals surface area contributed by atoms with E-state index in [1.54, 1.807) is 4.31 Å². The molecule has 158 valence electrons. The number of nitrogens with zero attached hydrogens (tertiary/aromatic N) is 3. The fourth-order valence-corrected chi connectivity index (χ4v) is 5.15. The SMILES string of the molecule is O=S(=O)(Cc1ccccc1)N1CCC(c2noc(COCc3ccccc3)n2)CC1. The Hall–Kier alpha value is -2.55. The Balaban J connectivity index is 1.27. The number of hydrogen-bond donors (Lipinski definition) is 0. The first-order chi connectivity index (χ1) is 14.6. The van der Waals surface area contributed by atoms with Crippen molar-refractivity contribution in [2.24, 2.45) is 0 Å². The van der Waals surface area contributed by atoms with Crippen LogP contribution in [0.15, 0.2) is 65.2 Å². The summed E-state index contributed by atoms with van der Waals surface area (Å²) in [6, 6.07) is 19.2. The van der Waals surface area contributed by atoms with E-state index in [4.69, 9.17) is 9.26 Å². The van der Waals surface area contributed by atoms with Gasteiger partial charge in [-0.15, -0.1) is 0 Å². The van der Waals surface area contributed by atoms with Gasteiger partial charge in [0, 0.05) is 19.0 Å². The molecule has 1 aliphatic rings. The number of sulfonamides is 1. The van der Waals surface area contributed by atoms with E-state index in [1.807, 2.05) is 60.7 Å². The second kappa shape index (κ2) is 9.51. The molecule has 3 aromatic rings. The molecule has 0 saturated carbocycles. The lowest BCUT2D eigenvalue weighted by atomic mass is 9.98. The third-order valence-electron chi connectivity index (χ3n) is 5.23. The van der Waals surface area contributed by atoms with Crippen molar-refractivity contribution >= 4 is 10.0 Å². The summed E-state index contributed by atoms with van der Waals surface area (Å²) < 4.78 is 37.9. The van der Waals surface area contributed by atoms with Gasteiger partial charge in [0.2, 0.25) is 10.0 Å². The number of piperidine rings is 1. The van der Waals surface area contributed by atoms with Crippen molar-refractivity contribution in [2.75, 3.05) is 13.1 Å². The second-order valence-electron chi connectivity index (χ2n) is 7.44. The minimum absolute atomic E-state index is 0.0314. The lowest BCUT2D eigenvalue weighted by Crippen LogP contribution is -2.38. The Morgan fingerprint density at radius 2 is 1.57 bits per heavy atom. The molecule has 0 atom stereocenters. The zero-order valence-corrected chi connectivity index (χ0v) is 17.5. The van der Waals surface area contributed by atoms with Crippen molar-refractivity contribution in [3.63, 3.8) is 0 Å². The highest BCUT2D eigenvalue weighted by molar-refractivity contribution is 7.88. The summed E-state index contributed by atoms with van der Waals surface area (Å²) in [6.07, 6.45) is 1.36. The van der Waals surface area contributed by atoms with Gasteiger partial charge < -0.3 is 9.26 Å². The Morgan fingerprint density at radius 3 is 2.23 bits per heavy atom. The van der Waals surface area contributed by atoms with E-state index in [1.165, 1.54) is 0 Å². The highest BCUT2D eigenvalue weighted by atomic mass is 32.2. The van der Waals surface area contributed by atoms with Crippen LogP contribution in [0.5, 0.6) is 0 Å². The van der Waals surface area contributed by atoms with Crippen molar-refractivity contribution in [3.05, 3.63) is 83.5 Å². The molecule has 0 N–H and O–H groups in total. The van der Waals surface area contributed by atoms with Gasteiger partial charge in [-0.05, 0) is 24.0 Å². The van der Waals surface area contributed by atoms with Gasteiger partial charge in [0.05, 0.1) is 12.4 Å². The average molecular weight is 428 g/mol. The summed E-state index contributed by atoms with van der Waals surface area (Å²) in [5.41, 5.74) is 1.89. The number of aromatic nitrogens is 2. The molecule has 4 rings (SSSR count). The van der Waals surface area contributed by atoms with Crippen LogP contribution >= 0.6 is 0 Å². The summed E-state index contributed by atoms with van der Waals surface area (Å²) in [7, 11) is -3.33. The van der Waals surface area contributed by atoms with Gasteiger partial charge >= 0.3 is 0 Å². The maximum atomic E-state index is 12.7. The van der Waals surface area contributed by atoms with Crippen molar-refractivity contribution in [1.29, 1.82) is 0 Å². The van der Waals surface area contributed by atoms with Crippen LogP contribution in [0.4, 0.5) is 0 Å². The van der Waals surface area contributed by atoms with Crippen LogP contribution in [0, 0.1) is 0 Å². The monoisotopic (exact) mass is 427 g/mol. The molecule has 7 nitrogen and oxygen atoms in total. The number of ether oxygens (including phenoxy) is 1. The summed E-state index contributed by atoms with van der Waals surface area (Å²) >= 11 is 0. The van der Waals surface area contributed by atoms with Gasteiger partial charge in [-0.25, -0.2) is 12.7 Å². The molecule has 8 heteroatoms. The van der Waals surface area contributed by atoms with Crippen molar-refractivity contribution in [2.45, 2.75) is 37.7 Å². The third-order valence-corrected chi connectivity index (χ3v) is 7.08. The first-order valence-corrected chi connectivity index (χ1v) is 11.7. The van der Waals surface area contributed by atoms with Gasteiger partial charge in [-0.3, -0.25) is 0 Å². The van der Waals surface area contributed by atoms with Crippen LogP contribution in [-0.4, -0.2) is 36.0 Å². The highest BCUT2D eigenvalue weighted by Crippen LogP contribution is 2.28. The Morgan fingerprint density at radius 1 is 0.933 bits per heavy atom. The summed E-state index contributed by atoms with van der Waals surface area (Å²) in [4.78, 5) is 4.45. The Bertz CT molecular complexity index is 1030. The van der Waals surface area contributed by atoms with E-state index in [0.717, 1.165) is 11.1 Å². The smallest absolute Gasteiger partial charge is 0.252 e. The van der Waals surface area contributed by atoms with Crippen LogP contribution in [-0.2, 0) is 33.7 Å². The van der Waals surface area contributed by atoms with E-state index >= 15 is 0 Å². The van der Waals surface area contributed by atoms with Crippen molar-refractivity contribution in [1.82, 2.24) is 14.4 Å². The van der Waals surface area contributed by atoms with Crippen LogP contribution in [0.25, 0.3) is 0 Å². The number of hydrogen-bond acceptors (Lipinski definition) is 6. The molecule has 1 aliphatic heterocycles. The fraction of sp³-hybridized carbons (Fsp3) is 0.364. The van der Waals surface area contributed by atoms with Gasteiger partial charge in [0.15, 0.2) is 5.82 Å². The fourth-order valence-electron chi connectivity index (χ4n) is 3.59. The Labute approximate surface area is 176 Å². The predicted octanol–water partition coefficient (Wildman–Crippen LogP) is 3.50. The molecule has 0 unspecified atom stereocenters. The van der Waals surface area contributed by atoms with Gasteiger partial charge in [-0.1, -0.05) is 65.8 Å². The second-order valence-corrected chi connectivity index (χ2v) is 9.41. The average Bonchev–Trinajstić information content (AvgIpc) is 3.24. The molecule has 0 radical (unpaired) electrons.